The molecule has 0 aromatic rings. The predicted octanol–water partition coefficient (Wildman–Crippen LogP) is 0.828. The molecule has 0 saturated carbocycles. The zero-order chi connectivity index (χ0) is 7.11. The van der Waals surface area contributed by atoms with Crippen LogP contribution in [0, 0.1) is 0 Å². The first-order valence-corrected chi connectivity index (χ1v) is 5.28. The molecule has 0 heterocycles. The monoisotopic (exact) mass is 165 g/mol. The molecule has 2 N–H and O–H groups in total. The van der Waals surface area contributed by atoms with E-state index in [4.69, 9.17) is 10.5 Å². The van der Waals surface area contributed by atoms with Crippen LogP contribution in [0.1, 0.15) is 13.3 Å². The molecule has 0 fully saturated rings. The van der Waals surface area contributed by atoms with Gasteiger partial charge < -0.3 is 0 Å². The van der Waals surface area contributed by atoms with E-state index in [1.807, 2.05) is 0 Å². The van der Waals surface area contributed by atoms with Crippen LogP contribution < -0.4 is 5.73 Å². The minimum absolute atomic E-state index is 0.133. The van der Waals surface area contributed by atoms with Gasteiger partial charge in [-0.05, 0) is 0 Å². The molecule has 0 rings (SSSR count). The maximum atomic E-state index is 5.34. The summed E-state index contributed by atoms with van der Waals surface area (Å²) < 4.78 is 6.95. The van der Waals surface area contributed by atoms with Crippen molar-refractivity contribution < 1.29 is 23.9 Å². The van der Waals surface area contributed by atoms with Crippen molar-refractivity contribution in [2.45, 2.75) is 22.5 Å². The normalized spacial score (nSPS) is 13.2. The molecule has 0 aliphatic rings. The number of hydrogen-bond acceptors (Lipinski definition) is 2. The standard InChI is InChI=1S/C3H8N.C3H7O.Ti/c1-2-3-4;1-3-4-2;/h1-4H2;3H,1-2H3;. The first kappa shape index (κ1) is 9.63. The summed E-state index contributed by atoms with van der Waals surface area (Å²) in [5, 5.41) is 0. The van der Waals surface area contributed by atoms with E-state index < -0.39 is 0 Å². The van der Waals surface area contributed by atoms with Gasteiger partial charge in [0, 0.05) is 0 Å². The molecule has 2 nitrogen and oxygen atoms in total. The number of nitrogens with two attached hydrogens (primary N) is 1. The Morgan fingerprint density at radius 2 is 2.33 bits per heavy atom. The van der Waals surface area contributed by atoms with Crippen LogP contribution in [0.5, 0.6) is 0 Å². The molecule has 9 heavy (non-hydrogen) atoms. The van der Waals surface area contributed by atoms with E-state index in [9.17, 15) is 0 Å². The van der Waals surface area contributed by atoms with Crippen LogP contribution in [0.25, 0.3) is 0 Å². The summed E-state index contributed by atoms with van der Waals surface area (Å²) in [5.41, 5.74) is 5.34. The number of rotatable bonds is 5. The van der Waals surface area contributed by atoms with Crippen molar-refractivity contribution in [2.75, 3.05) is 13.7 Å². The molecular weight excluding hydrogens is 150 g/mol. The fourth-order valence-corrected chi connectivity index (χ4v) is 2.02. The van der Waals surface area contributed by atoms with E-state index in [0.717, 1.165) is 6.54 Å². The second-order valence-corrected chi connectivity index (χ2v) is 4.66. The van der Waals surface area contributed by atoms with E-state index >= 15 is 0 Å². The summed E-state index contributed by atoms with van der Waals surface area (Å²) in [6.07, 6.45) is 1.17. The van der Waals surface area contributed by atoms with E-state index in [0.29, 0.717) is 4.41 Å². The van der Waals surface area contributed by atoms with Gasteiger partial charge in [-0.1, -0.05) is 0 Å². The minimum atomic E-state index is 0.133. The fourth-order valence-electron chi connectivity index (χ4n) is 0.491. The van der Waals surface area contributed by atoms with Gasteiger partial charge >= 0.3 is 65.8 Å². The van der Waals surface area contributed by atoms with Crippen molar-refractivity contribution in [3.63, 3.8) is 0 Å². The summed E-state index contributed by atoms with van der Waals surface area (Å²) in [7, 11) is 1.77. The third-order valence-electron chi connectivity index (χ3n) is 1.17. The van der Waals surface area contributed by atoms with Crippen LogP contribution in [-0.4, -0.2) is 18.1 Å². The van der Waals surface area contributed by atoms with Crippen molar-refractivity contribution in [3.05, 3.63) is 0 Å². The first-order valence-electron chi connectivity index (χ1n) is 3.27. The van der Waals surface area contributed by atoms with Gasteiger partial charge in [0.05, 0.1) is 0 Å². The molecular formula is C6H15NOTi. The second kappa shape index (κ2) is 6.75. The van der Waals surface area contributed by atoms with E-state index in [1.165, 1.54) is 11.1 Å². The number of hydrogen-bond donors (Lipinski definition) is 1. The van der Waals surface area contributed by atoms with Crippen LogP contribution in [0.2, 0.25) is 4.73 Å². The summed E-state index contributed by atoms with van der Waals surface area (Å²) in [6, 6.07) is 0. The van der Waals surface area contributed by atoms with Gasteiger partial charge in [-0.25, -0.2) is 0 Å². The molecule has 0 aliphatic heterocycles. The van der Waals surface area contributed by atoms with E-state index in [1.54, 1.807) is 7.11 Å². The summed E-state index contributed by atoms with van der Waals surface area (Å²) in [4.78, 5) is 0. The van der Waals surface area contributed by atoms with Gasteiger partial charge in [0.25, 0.3) is 0 Å². The summed E-state index contributed by atoms with van der Waals surface area (Å²) in [5.74, 6) is 0. The Labute approximate surface area is 66.1 Å². The Morgan fingerprint density at radius 3 is 2.78 bits per heavy atom. The van der Waals surface area contributed by atoms with Crippen LogP contribution in [-0.2, 0) is 23.9 Å². The zero-order valence-corrected chi connectivity index (χ0v) is 7.75. The van der Waals surface area contributed by atoms with Crippen molar-refractivity contribution in [2.24, 2.45) is 5.73 Å². The molecule has 0 aliphatic carbocycles. The molecule has 0 amide bonds. The van der Waals surface area contributed by atoms with Gasteiger partial charge in [-0.3, -0.25) is 0 Å². The maximum absolute atomic E-state index is 5.34. The van der Waals surface area contributed by atoms with Gasteiger partial charge in [0.15, 0.2) is 0 Å². The fraction of sp³-hybridized carbons (Fsp3) is 1.00. The van der Waals surface area contributed by atoms with E-state index in [-0.39, 0.29) is 19.2 Å². The first-order chi connectivity index (χ1) is 4.31. The average molecular weight is 165 g/mol. The molecule has 54 valence electrons. The Kier molecular flexibility index (Phi) is 7.23. The van der Waals surface area contributed by atoms with E-state index in [2.05, 4.69) is 6.92 Å². The molecule has 1 unspecified atom stereocenters. The number of ether oxygens (including phenoxy) is 1. The third-order valence-corrected chi connectivity index (χ3v) is 3.43. The Balaban J connectivity index is 2.88. The van der Waals surface area contributed by atoms with Crippen LogP contribution >= 0.6 is 0 Å². The Bertz CT molecular complexity index is 61.0. The molecule has 1 atom stereocenters. The van der Waals surface area contributed by atoms with Crippen LogP contribution in [0.15, 0.2) is 0 Å². The Morgan fingerprint density at radius 1 is 1.67 bits per heavy atom. The average Bonchev–Trinajstić information content (AvgIpc) is 1.89. The quantitative estimate of drug-likeness (QED) is 0.483. The topological polar surface area (TPSA) is 35.2 Å². The van der Waals surface area contributed by atoms with Crippen molar-refractivity contribution >= 4 is 0 Å². The Hall–Kier alpha value is 0.634. The molecule has 0 bridgehead atoms. The SMILES string of the molecule is CO[CH](C)[Ti][CH2]CCN. The van der Waals surface area contributed by atoms with Crippen molar-refractivity contribution in [1.29, 1.82) is 0 Å². The van der Waals surface area contributed by atoms with Crippen molar-refractivity contribution in [3.8, 4) is 0 Å². The van der Waals surface area contributed by atoms with Crippen molar-refractivity contribution in [1.82, 2.24) is 0 Å². The second-order valence-electron chi connectivity index (χ2n) is 1.97. The molecule has 0 radical (unpaired) electrons. The third kappa shape index (κ3) is 6.52. The van der Waals surface area contributed by atoms with Gasteiger partial charge in [0.1, 0.15) is 0 Å². The summed E-state index contributed by atoms with van der Waals surface area (Å²) in [6.45, 7) is 2.97. The molecule has 0 saturated heterocycles. The van der Waals surface area contributed by atoms with Gasteiger partial charge in [-0.2, -0.15) is 0 Å². The van der Waals surface area contributed by atoms with Crippen LogP contribution in [0.4, 0.5) is 0 Å². The van der Waals surface area contributed by atoms with Gasteiger partial charge in [0.2, 0.25) is 0 Å². The summed E-state index contributed by atoms with van der Waals surface area (Å²) >= 11 is 0.133. The zero-order valence-electron chi connectivity index (χ0n) is 6.18. The molecule has 0 aromatic heterocycles. The van der Waals surface area contributed by atoms with Gasteiger partial charge in [-0.15, -0.1) is 0 Å². The van der Waals surface area contributed by atoms with Crippen LogP contribution in [0.3, 0.4) is 0 Å². The molecule has 0 spiro atoms. The number of methoxy groups -OCH3 is 1. The molecule has 3 heteroatoms. The molecule has 0 aromatic carbocycles. The predicted molar refractivity (Wildman–Crippen MR) is 34.9 cm³/mol.